The van der Waals surface area contributed by atoms with Crippen molar-refractivity contribution in [3.05, 3.63) is 29.8 Å². The number of Topliss-reactive ketones (excluding diaryl/α,β-unsaturated/α-hetero) is 1. The quantitative estimate of drug-likeness (QED) is 0.584. The molecular weight excluding hydrogens is 268 g/mol. The highest BCUT2D eigenvalue weighted by Crippen LogP contribution is 2.14. The second-order valence-electron chi connectivity index (χ2n) is 5.23. The topological polar surface area (TPSA) is 73.6 Å². The van der Waals surface area contributed by atoms with Crippen molar-refractivity contribution < 1.29 is 14.6 Å². The van der Waals surface area contributed by atoms with E-state index in [1.165, 1.54) is 6.92 Å². The molecule has 0 bridgehead atoms. The van der Waals surface area contributed by atoms with Crippen LogP contribution in [0.25, 0.3) is 0 Å². The Morgan fingerprint density at radius 2 is 2.19 bits per heavy atom. The molecule has 114 valence electrons. The number of nitrogens with zero attached hydrogens (tertiary/aromatic N) is 2. The molecule has 21 heavy (non-hydrogen) atoms. The van der Waals surface area contributed by atoms with Crippen LogP contribution in [0.5, 0.6) is 5.75 Å². The molecule has 5 heteroatoms. The maximum Gasteiger partial charge on any atom is 0.159 e. The fourth-order valence-corrected chi connectivity index (χ4v) is 1.87. The molecule has 0 aliphatic rings. The molecule has 0 fully saturated rings. The zero-order valence-corrected chi connectivity index (χ0v) is 12.7. The summed E-state index contributed by atoms with van der Waals surface area (Å²) >= 11 is 0. The summed E-state index contributed by atoms with van der Waals surface area (Å²) in [5.74, 6) is 0.527. The summed E-state index contributed by atoms with van der Waals surface area (Å²) < 4.78 is 5.51. The van der Waals surface area contributed by atoms with E-state index in [1.807, 2.05) is 18.7 Å². The number of benzene rings is 1. The predicted octanol–water partition coefficient (Wildman–Crippen LogP) is 1.86. The van der Waals surface area contributed by atoms with Gasteiger partial charge in [-0.15, -0.1) is 0 Å². The minimum absolute atomic E-state index is 0.0269. The number of ketones is 1. The van der Waals surface area contributed by atoms with Crippen LogP contribution in [-0.4, -0.2) is 47.6 Å². The van der Waals surface area contributed by atoms with E-state index in [4.69, 9.17) is 10.00 Å². The largest absolute Gasteiger partial charge is 0.491 e. The number of nitriles is 1. The van der Waals surface area contributed by atoms with Crippen LogP contribution in [0.15, 0.2) is 24.3 Å². The lowest BCUT2D eigenvalue weighted by molar-refractivity contribution is 0.0628. The van der Waals surface area contributed by atoms with Crippen molar-refractivity contribution in [2.24, 2.45) is 0 Å². The van der Waals surface area contributed by atoms with E-state index >= 15 is 0 Å². The number of carbonyl (C=O) groups is 1. The van der Waals surface area contributed by atoms with E-state index in [0.29, 0.717) is 17.9 Å². The molecule has 0 radical (unpaired) electrons. The van der Waals surface area contributed by atoms with Gasteiger partial charge in [-0.05, 0) is 32.9 Å². The van der Waals surface area contributed by atoms with Crippen LogP contribution in [0.1, 0.15) is 31.1 Å². The van der Waals surface area contributed by atoms with E-state index in [-0.39, 0.29) is 25.0 Å². The molecule has 0 aromatic heterocycles. The van der Waals surface area contributed by atoms with Crippen molar-refractivity contribution in [2.45, 2.75) is 32.9 Å². The van der Waals surface area contributed by atoms with Gasteiger partial charge in [-0.1, -0.05) is 12.1 Å². The van der Waals surface area contributed by atoms with Gasteiger partial charge >= 0.3 is 0 Å². The molecule has 1 atom stereocenters. The number of hydrogen-bond acceptors (Lipinski definition) is 5. The Bertz CT molecular complexity index is 508. The summed E-state index contributed by atoms with van der Waals surface area (Å²) in [6, 6.07) is 9.13. The van der Waals surface area contributed by atoms with E-state index in [1.54, 1.807) is 24.3 Å². The zero-order valence-electron chi connectivity index (χ0n) is 12.7. The van der Waals surface area contributed by atoms with Gasteiger partial charge in [0.1, 0.15) is 18.5 Å². The van der Waals surface area contributed by atoms with E-state index in [0.717, 1.165) is 0 Å². The van der Waals surface area contributed by atoms with Crippen molar-refractivity contribution >= 4 is 5.78 Å². The fourth-order valence-electron chi connectivity index (χ4n) is 1.87. The van der Waals surface area contributed by atoms with E-state index in [9.17, 15) is 9.90 Å². The molecule has 0 aliphatic carbocycles. The summed E-state index contributed by atoms with van der Waals surface area (Å²) in [5.41, 5.74) is 0.579. The number of aliphatic hydroxyl groups is 1. The molecule has 1 aromatic carbocycles. The highest BCUT2D eigenvalue weighted by molar-refractivity contribution is 5.94. The monoisotopic (exact) mass is 290 g/mol. The lowest BCUT2D eigenvalue weighted by atomic mass is 10.1. The summed E-state index contributed by atoms with van der Waals surface area (Å²) in [4.78, 5) is 13.2. The molecule has 1 aromatic rings. The summed E-state index contributed by atoms with van der Waals surface area (Å²) in [6.07, 6.45) is -0.693. The third-order valence-electron chi connectivity index (χ3n) is 3.13. The average molecular weight is 290 g/mol. The van der Waals surface area contributed by atoms with Crippen LogP contribution >= 0.6 is 0 Å². The van der Waals surface area contributed by atoms with Crippen LogP contribution in [0.4, 0.5) is 0 Å². The third-order valence-corrected chi connectivity index (χ3v) is 3.13. The first kappa shape index (κ1) is 17.2. The van der Waals surface area contributed by atoms with Crippen molar-refractivity contribution in [2.75, 3.05) is 19.7 Å². The molecule has 0 aliphatic heterocycles. The van der Waals surface area contributed by atoms with Gasteiger partial charge in [0, 0.05) is 18.2 Å². The molecule has 1 N–H and O–H groups in total. The number of aliphatic hydroxyl groups excluding tert-OH is 1. The SMILES string of the molecule is CC(=O)c1cccc(OCC(O)CN(CC#N)C(C)C)c1. The highest BCUT2D eigenvalue weighted by Gasteiger charge is 2.15. The maximum atomic E-state index is 11.3. The van der Waals surface area contributed by atoms with E-state index < -0.39 is 6.10 Å². The first-order chi connectivity index (χ1) is 9.93. The van der Waals surface area contributed by atoms with Gasteiger partial charge in [-0.2, -0.15) is 5.26 Å². The molecular formula is C16H22N2O3. The first-order valence-corrected chi connectivity index (χ1v) is 6.97. The third kappa shape index (κ3) is 5.94. The Hall–Kier alpha value is -1.90. The maximum absolute atomic E-state index is 11.3. The highest BCUT2D eigenvalue weighted by atomic mass is 16.5. The standard InChI is InChI=1S/C16H22N2O3/c1-12(2)18(8-7-17)10-15(20)11-21-16-6-4-5-14(9-16)13(3)19/h4-6,9,12,15,20H,8,10-11H2,1-3H3. The van der Waals surface area contributed by atoms with Crippen LogP contribution in [0, 0.1) is 11.3 Å². The van der Waals surface area contributed by atoms with Crippen molar-refractivity contribution in [3.8, 4) is 11.8 Å². The second-order valence-corrected chi connectivity index (χ2v) is 5.23. The van der Waals surface area contributed by atoms with Gasteiger partial charge in [-0.25, -0.2) is 0 Å². The molecule has 1 unspecified atom stereocenters. The molecule has 0 heterocycles. The number of carbonyl (C=O) groups excluding carboxylic acids is 1. The smallest absolute Gasteiger partial charge is 0.159 e. The molecule has 0 amide bonds. The summed E-state index contributed by atoms with van der Waals surface area (Å²) in [7, 11) is 0. The summed E-state index contributed by atoms with van der Waals surface area (Å²) in [6.45, 7) is 6.21. The van der Waals surface area contributed by atoms with Gasteiger partial charge in [0.05, 0.1) is 12.6 Å². The average Bonchev–Trinajstić information content (AvgIpc) is 2.45. The Balaban J connectivity index is 2.52. The van der Waals surface area contributed by atoms with Crippen molar-refractivity contribution in [3.63, 3.8) is 0 Å². The van der Waals surface area contributed by atoms with Gasteiger partial charge in [0.2, 0.25) is 0 Å². The molecule has 0 spiro atoms. The Kier molecular flexibility index (Phi) is 6.86. The van der Waals surface area contributed by atoms with Crippen LogP contribution < -0.4 is 4.74 Å². The molecule has 5 nitrogen and oxygen atoms in total. The summed E-state index contributed by atoms with van der Waals surface area (Å²) in [5, 5.41) is 18.7. The van der Waals surface area contributed by atoms with Gasteiger partial charge in [-0.3, -0.25) is 9.69 Å². The zero-order chi connectivity index (χ0) is 15.8. The molecule has 0 saturated carbocycles. The van der Waals surface area contributed by atoms with Crippen LogP contribution in [0.2, 0.25) is 0 Å². The lowest BCUT2D eigenvalue weighted by Gasteiger charge is -2.26. The van der Waals surface area contributed by atoms with Crippen molar-refractivity contribution in [1.29, 1.82) is 5.26 Å². The Morgan fingerprint density at radius 1 is 1.48 bits per heavy atom. The van der Waals surface area contributed by atoms with Crippen molar-refractivity contribution in [1.82, 2.24) is 4.90 Å². The number of ether oxygens (including phenoxy) is 1. The molecule has 1 rings (SSSR count). The molecule has 0 saturated heterocycles. The van der Waals surface area contributed by atoms with Gasteiger partial charge < -0.3 is 9.84 Å². The Morgan fingerprint density at radius 3 is 2.76 bits per heavy atom. The fraction of sp³-hybridized carbons (Fsp3) is 0.500. The second kappa shape index (κ2) is 8.40. The van der Waals surface area contributed by atoms with Crippen LogP contribution in [-0.2, 0) is 0 Å². The number of rotatable bonds is 8. The minimum Gasteiger partial charge on any atom is -0.491 e. The minimum atomic E-state index is -0.693. The Labute approximate surface area is 125 Å². The normalized spacial score (nSPS) is 12.2. The van der Waals surface area contributed by atoms with Gasteiger partial charge in [0.15, 0.2) is 5.78 Å². The van der Waals surface area contributed by atoms with Gasteiger partial charge in [0.25, 0.3) is 0 Å². The van der Waals surface area contributed by atoms with Crippen LogP contribution in [0.3, 0.4) is 0 Å². The van der Waals surface area contributed by atoms with E-state index in [2.05, 4.69) is 6.07 Å². The number of hydrogen-bond donors (Lipinski definition) is 1. The lowest BCUT2D eigenvalue weighted by Crippen LogP contribution is -2.40. The predicted molar refractivity (Wildman–Crippen MR) is 80.3 cm³/mol. The first-order valence-electron chi connectivity index (χ1n) is 6.97.